The van der Waals surface area contributed by atoms with Crippen LogP contribution in [0.1, 0.15) is 9.75 Å². The normalized spacial score (nSPS) is 11.5. The van der Waals surface area contributed by atoms with E-state index in [1.165, 1.54) is 23.5 Å². The smallest absolute Gasteiger partial charge is 0.258 e. The lowest BCUT2D eigenvalue weighted by atomic mass is 10.3. The van der Waals surface area contributed by atoms with Crippen molar-refractivity contribution in [2.45, 2.75) is 18.4 Å². The summed E-state index contributed by atoms with van der Waals surface area (Å²) in [6.07, 6.45) is 0. The summed E-state index contributed by atoms with van der Waals surface area (Å²) in [7, 11) is -3.83. The number of thiophene rings is 1. The predicted octanol–water partition coefficient (Wildman–Crippen LogP) is 3.10. The van der Waals surface area contributed by atoms with Crippen molar-refractivity contribution < 1.29 is 13.3 Å². The lowest BCUT2D eigenvalue weighted by Gasteiger charge is -2.06. The van der Waals surface area contributed by atoms with Crippen molar-refractivity contribution in [3.63, 3.8) is 0 Å². The van der Waals surface area contributed by atoms with E-state index in [4.69, 9.17) is 11.6 Å². The van der Waals surface area contributed by atoms with E-state index in [-0.39, 0.29) is 16.5 Å². The zero-order chi connectivity index (χ0) is 15.6. The van der Waals surface area contributed by atoms with Gasteiger partial charge in [-0.2, -0.15) is 0 Å². The Kier molecular flexibility index (Phi) is 4.62. The number of nitro groups is 1. The highest BCUT2D eigenvalue weighted by Crippen LogP contribution is 2.27. The molecule has 2 aromatic rings. The number of hydrogen-bond donors (Lipinski definition) is 1. The van der Waals surface area contributed by atoms with Crippen LogP contribution >= 0.6 is 22.9 Å². The van der Waals surface area contributed by atoms with Crippen LogP contribution in [0.3, 0.4) is 0 Å². The van der Waals surface area contributed by atoms with Gasteiger partial charge in [0.05, 0.1) is 9.82 Å². The number of benzene rings is 1. The van der Waals surface area contributed by atoms with Crippen LogP contribution in [0.4, 0.5) is 5.69 Å². The highest BCUT2D eigenvalue weighted by Gasteiger charge is 2.20. The molecule has 2 rings (SSSR count). The van der Waals surface area contributed by atoms with Crippen LogP contribution in [0.25, 0.3) is 0 Å². The van der Waals surface area contributed by atoms with Gasteiger partial charge in [-0.05, 0) is 31.2 Å². The Hall–Kier alpha value is -1.48. The van der Waals surface area contributed by atoms with Gasteiger partial charge in [-0.3, -0.25) is 10.1 Å². The van der Waals surface area contributed by atoms with Crippen LogP contribution in [0.2, 0.25) is 5.02 Å². The molecule has 0 unspecified atom stereocenters. The molecule has 6 nitrogen and oxygen atoms in total. The largest absolute Gasteiger partial charge is 0.289 e. The van der Waals surface area contributed by atoms with Gasteiger partial charge in [-0.1, -0.05) is 11.6 Å². The molecule has 0 atom stereocenters. The first-order valence-corrected chi connectivity index (χ1v) is 8.46. The van der Waals surface area contributed by atoms with Gasteiger partial charge in [0.1, 0.15) is 5.02 Å². The molecular weight excluding hydrogens is 336 g/mol. The molecule has 0 bridgehead atoms. The molecule has 0 spiro atoms. The monoisotopic (exact) mass is 346 g/mol. The number of nitro benzene ring substituents is 1. The Bertz CT molecular complexity index is 786. The maximum atomic E-state index is 12.1. The van der Waals surface area contributed by atoms with Crippen molar-refractivity contribution in [3.8, 4) is 0 Å². The molecule has 0 saturated heterocycles. The number of hydrogen-bond acceptors (Lipinski definition) is 5. The van der Waals surface area contributed by atoms with Gasteiger partial charge in [-0.25, -0.2) is 13.1 Å². The molecule has 1 aromatic carbocycles. The van der Waals surface area contributed by atoms with Gasteiger partial charge >= 0.3 is 0 Å². The van der Waals surface area contributed by atoms with Crippen LogP contribution in [-0.4, -0.2) is 13.3 Å². The van der Waals surface area contributed by atoms with Crippen molar-refractivity contribution in [1.82, 2.24) is 4.72 Å². The molecule has 0 aliphatic carbocycles. The van der Waals surface area contributed by atoms with Crippen molar-refractivity contribution in [2.24, 2.45) is 0 Å². The molecule has 0 aliphatic rings. The van der Waals surface area contributed by atoms with E-state index >= 15 is 0 Å². The second kappa shape index (κ2) is 6.10. The average Bonchev–Trinajstić information content (AvgIpc) is 2.82. The molecule has 112 valence electrons. The zero-order valence-corrected chi connectivity index (χ0v) is 13.3. The molecule has 0 radical (unpaired) electrons. The molecule has 0 aliphatic heterocycles. The van der Waals surface area contributed by atoms with E-state index in [1.807, 2.05) is 19.1 Å². The highest BCUT2D eigenvalue weighted by atomic mass is 35.5. The number of sulfonamides is 1. The standard InChI is InChI=1S/C12H11ClN2O4S2/c1-8-2-3-9(20-8)7-14-21(18,19)10-4-5-11(13)12(6-10)15(16)17/h2-6,14H,7H2,1H3. The Morgan fingerprint density at radius 1 is 1.33 bits per heavy atom. The van der Waals surface area contributed by atoms with Crippen LogP contribution in [0.15, 0.2) is 35.2 Å². The van der Waals surface area contributed by atoms with E-state index < -0.39 is 20.6 Å². The first-order valence-electron chi connectivity index (χ1n) is 5.78. The van der Waals surface area contributed by atoms with Gasteiger partial charge in [0.15, 0.2) is 0 Å². The number of aryl methyl sites for hydroxylation is 1. The second-order valence-electron chi connectivity index (χ2n) is 4.21. The zero-order valence-electron chi connectivity index (χ0n) is 10.9. The van der Waals surface area contributed by atoms with Gasteiger partial charge in [0, 0.05) is 22.4 Å². The van der Waals surface area contributed by atoms with Crippen LogP contribution in [0.5, 0.6) is 0 Å². The van der Waals surface area contributed by atoms with E-state index in [0.29, 0.717) is 0 Å². The molecule has 1 N–H and O–H groups in total. The summed E-state index contributed by atoms with van der Waals surface area (Å²) >= 11 is 7.14. The van der Waals surface area contributed by atoms with Crippen molar-refractivity contribution in [1.29, 1.82) is 0 Å². The van der Waals surface area contributed by atoms with Crippen molar-refractivity contribution in [3.05, 3.63) is 55.2 Å². The SMILES string of the molecule is Cc1ccc(CNS(=O)(=O)c2ccc(Cl)c([N+](=O)[O-])c2)s1. The van der Waals surface area contributed by atoms with Gasteiger partial charge in [0.25, 0.3) is 5.69 Å². The fourth-order valence-electron chi connectivity index (χ4n) is 1.63. The molecule has 1 aromatic heterocycles. The summed E-state index contributed by atoms with van der Waals surface area (Å²) in [5.41, 5.74) is -0.438. The number of rotatable bonds is 5. The van der Waals surface area contributed by atoms with E-state index in [2.05, 4.69) is 4.72 Å². The van der Waals surface area contributed by atoms with E-state index in [0.717, 1.165) is 15.8 Å². The summed E-state index contributed by atoms with van der Waals surface area (Å²) in [6, 6.07) is 7.10. The third kappa shape index (κ3) is 3.79. The topological polar surface area (TPSA) is 89.3 Å². The van der Waals surface area contributed by atoms with Gasteiger partial charge in [0.2, 0.25) is 10.0 Å². The Balaban J connectivity index is 2.23. The first-order chi connectivity index (χ1) is 9.79. The van der Waals surface area contributed by atoms with Crippen LogP contribution in [0, 0.1) is 17.0 Å². The minimum atomic E-state index is -3.83. The Morgan fingerprint density at radius 3 is 2.62 bits per heavy atom. The fraction of sp³-hybridized carbons (Fsp3) is 0.167. The summed E-state index contributed by atoms with van der Waals surface area (Å²) < 4.78 is 26.7. The number of nitrogens with zero attached hydrogens (tertiary/aromatic N) is 1. The maximum Gasteiger partial charge on any atom is 0.289 e. The maximum absolute atomic E-state index is 12.1. The predicted molar refractivity (Wildman–Crippen MR) is 81.2 cm³/mol. The summed E-state index contributed by atoms with van der Waals surface area (Å²) in [6.45, 7) is 2.06. The van der Waals surface area contributed by atoms with Crippen LogP contribution < -0.4 is 4.72 Å². The second-order valence-corrected chi connectivity index (χ2v) is 7.75. The molecule has 1 heterocycles. The number of halogens is 1. The first kappa shape index (κ1) is 15.9. The van der Waals surface area contributed by atoms with Crippen LogP contribution in [-0.2, 0) is 16.6 Å². The molecular formula is C12H11ClN2O4S2. The van der Waals surface area contributed by atoms with E-state index in [1.54, 1.807) is 0 Å². The lowest BCUT2D eigenvalue weighted by Crippen LogP contribution is -2.22. The third-order valence-electron chi connectivity index (χ3n) is 2.66. The quantitative estimate of drug-likeness (QED) is 0.665. The van der Waals surface area contributed by atoms with E-state index in [9.17, 15) is 18.5 Å². The van der Waals surface area contributed by atoms with Gasteiger partial charge in [-0.15, -0.1) is 11.3 Å². The average molecular weight is 347 g/mol. The lowest BCUT2D eigenvalue weighted by molar-refractivity contribution is -0.384. The van der Waals surface area contributed by atoms with Crippen molar-refractivity contribution in [2.75, 3.05) is 0 Å². The molecule has 21 heavy (non-hydrogen) atoms. The Labute approximate surface area is 130 Å². The van der Waals surface area contributed by atoms with Crippen molar-refractivity contribution >= 4 is 38.6 Å². The molecule has 0 amide bonds. The minimum absolute atomic E-state index is 0.104. The van der Waals surface area contributed by atoms with Gasteiger partial charge < -0.3 is 0 Å². The molecule has 0 saturated carbocycles. The fourth-order valence-corrected chi connectivity index (χ4v) is 3.76. The third-order valence-corrected chi connectivity index (χ3v) is 5.38. The summed E-state index contributed by atoms with van der Waals surface area (Å²) in [5, 5.41) is 10.7. The number of nitrogens with one attached hydrogen (secondary N) is 1. The highest BCUT2D eigenvalue weighted by molar-refractivity contribution is 7.89. The summed E-state index contributed by atoms with van der Waals surface area (Å²) in [4.78, 5) is 11.8. The molecule has 9 heteroatoms. The molecule has 0 fully saturated rings. The minimum Gasteiger partial charge on any atom is -0.258 e. The summed E-state index contributed by atoms with van der Waals surface area (Å²) in [5.74, 6) is 0. The Morgan fingerprint density at radius 2 is 2.05 bits per heavy atom.